The van der Waals surface area contributed by atoms with Crippen molar-refractivity contribution in [1.29, 1.82) is 0 Å². The Morgan fingerprint density at radius 3 is 3.08 bits per heavy atom. The number of anilines is 1. The highest BCUT2D eigenvalue weighted by molar-refractivity contribution is 9.10. The summed E-state index contributed by atoms with van der Waals surface area (Å²) in [6.07, 6.45) is 2.14. The van der Waals surface area contributed by atoms with Gasteiger partial charge < -0.3 is 4.74 Å². The Bertz CT molecular complexity index is 857. The molecule has 1 saturated heterocycles. The molecule has 0 N–H and O–H groups in total. The molecule has 0 saturated carbocycles. The van der Waals surface area contributed by atoms with E-state index in [0.717, 1.165) is 44.1 Å². The van der Waals surface area contributed by atoms with Crippen LogP contribution >= 0.6 is 38.6 Å². The summed E-state index contributed by atoms with van der Waals surface area (Å²) in [6, 6.07) is 9.74. The fraction of sp³-hybridized carbons (Fsp3) is 0.294. The molecule has 7 heteroatoms. The third-order valence-corrected chi connectivity index (χ3v) is 6.35. The smallest absolute Gasteiger partial charge is 0.270 e. The Morgan fingerprint density at radius 1 is 1.42 bits per heavy atom. The van der Waals surface area contributed by atoms with E-state index in [9.17, 15) is 4.79 Å². The predicted molar refractivity (Wildman–Crippen MR) is 102 cm³/mol. The second-order valence-electron chi connectivity index (χ2n) is 5.64. The van der Waals surface area contributed by atoms with Gasteiger partial charge in [-0.05, 0) is 42.5 Å². The molecule has 124 valence electrons. The normalized spacial score (nSPS) is 17.5. The highest BCUT2D eigenvalue weighted by atomic mass is 79.9. The van der Waals surface area contributed by atoms with Gasteiger partial charge in [-0.3, -0.25) is 9.69 Å². The van der Waals surface area contributed by atoms with Crippen LogP contribution in [0.15, 0.2) is 40.2 Å². The average Bonchev–Trinajstić information content (AvgIpc) is 3.31. The van der Waals surface area contributed by atoms with Gasteiger partial charge in [0.2, 0.25) is 0 Å². The van der Waals surface area contributed by atoms with Gasteiger partial charge in [-0.1, -0.05) is 33.3 Å². The summed E-state index contributed by atoms with van der Waals surface area (Å²) < 4.78 is 7.82. The number of fused-ring (bicyclic) bond motifs is 1. The van der Waals surface area contributed by atoms with E-state index >= 15 is 0 Å². The maximum atomic E-state index is 13.0. The van der Waals surface area contributed by atoms with E-state index in [0.29, 0.717) is 6.54 Å². The molecule has 1 fully saturated rings. The van der Waals surface area contributed by atoms with Crippen LogP contribution in [-0.2, 0) is 4.74 Å². The van der Waals surface area contributed by atoms with Crippen LogP contribution in [0.2, 0.25) is 0 Å². The molecule has 0 spiro atoms. The predicted octanol–water partition coefficient (Wildman–Crippen LogP) is 4.95. The minimum Gasteiger partial charge on any atom is -0.376 e. The fourth-order valence-corrected chi connectivity index (χ4v) is 4.97. The first-order chi connectivity index (χ1) is 11.7. The van der Waals surface area contributed by atoms with Crippen LogP contribution in [0.4, 0.5) is 5.13 Å². The Morgan fingerprint density at radius 2 is 2.33 bits per heavy atom. The molecule has 1 aliphatic rings. The number of halogens is 1. The molecule has 1 amide bonds. The molecule has 1 aliphatic heterocycles. The molecular formula is C17H15BrN2O2S2. The third kappa shape index (κ3) is 3.26. The number of amides is 1. The van der Waals surface area contributed by atoms with Crippen molar-refractivity contribution in [3.05, 3.63) is 45.1 Å². The summed E-state index contributed by atoms with van der Waals surface area (Å²) in [5.41, 5.74) is 0.912. The SMILES string of the molecule is O=C(c1cccs1)N(CC1CCCO1)c1nc2ccc(Br)cc2s1. The molecule has 0 radical (unpaired) electrons. The lowest BCUT2D eigenvalue weighted by Crippen LogP contribution is -2.37. The first kappa shape index (κ1) is 16.2. The number of hydrogen-bond donors (Lipinski definition) is 0. The third-order valence-electron chi connectivity index (χ3n) is 3.96. The van der Waals surface area contributed by atoms with Gasteiger partial charge in [-0.25, -0.2) is 4.98 Å². The molecular weight excluding hydrogens is 408 g/mol. The maximum Gasteiger partial charge on any atom is 0.270 e. The van der Waals surface area contributed by atoms with Gasteiger partial charge in [0.15, 0.2) is 5.13 Å². The largest absolute Gasteiger partial charge is 0.376 e. The lowest BCUT2D eigenvalue weighted by molar-refractivity contribution is 0.0920. The zero-order chi connectivity index (χ0) is 16.5. The van der Waals surface area contributed by atoms with Crippen LogP contribution < -0.4 is 4.90 Å². The number of ether oxygens (including phenoxy) is 1. The Labute approximate surface area is 156 Å². The van der Waals surface area contributed by atoms with Gasteiger partial charge in [0.25, 0.3) is 5.91 Å². The minimum atomic E-state index is -0.00128. The van der Waals surface area contributed by atoms with Crippen LogP contribution in [0.25, 0.3) is 10.2 Å². The molecule has 1 atom stereocenters. The van der Waals surface area contributed by atoms with E-state index in [1.807, 2.05) is 35.7 Å². The van der Waals surface area contributed by atoms with E-state index in [-0.39, 0.29) is 12.0 Å². The molecule has 1 unspecified atom stereocenters. The van der Waals surface area contributed by atoms with Gasteiger partial charge in [-0.15, -0.1) is 11.3 Å². The first-order valence-electron chi connectivity index (χ1n) is 7.74. The van der Waals surface area contributed by atoms with Crippen molar-refractivity contribution in [1.82, 2.24) is 4.98 Å². The summed E-state index contributed by atoms with van der Waals surface area (Å²) in [4.78, 5) is 20.2. The zero-order valence-corrected chi connectivity index (χ0v) is 16.0. The number of nitrogens with zero attached hydrogens (tertiary/aromatic N) is 2. The van der Waals surface area contributed by atoms with Gasteiger partial charge in [0.05, 0.1) is 27.7 Å². The summed E-state index contributed by atoms with van der Waals surface area (Å²) in [6.45, 7) is 1.33. The monoisotopic (exact) mass is 422 g/mol. The molecule has 4 nitrogen and oxygen atoms in total. The number of carbonyl (C=O) groups excluding carboxylic acids is 1. The van der Waals surface area contributed by atoms with E-state index < -0.39 is 0 Å². The van der Waals surface area contributed by atoms with Crippen LogP contribution in [0.5, 0.6) is 0 Å². The Balaban J connectivity index is 1.70. The van der Waals surface area contributed by atoms with Crippen LogP contribution in [-0.4, -0.2) is 30.1 Å². The van der Waals surface area contributed by atoms with Gasteiger partial charge in [-0.2, -0.15) is 0 Å². The minimum absolute atomic E-state index is 0.00128. The van der Waals surface area contributed by atoms with Crippen LogP contribution in [0, 0.1) is 0 Å². The first-order valence-corrected chi connectivity index (χ1v) is 10.2. The Kier molecular flexibility index (Phi) is 4.67. The number of thiazole rings is 1. The summed E-state index contributed by atoms with van der Waals surface area (Å²) in [5.74, 6) is -0.00128. The van der Waals surface area contributed by atoms with Crippen molar-refractivity contribution < 1.29 is 9.53 Å². The maximum absolute atomic E-state index is 13.0. The number of thiophene rings is 1. The van der Waals surface area contributed by atoms with Crippen molar-refractivity contribution in [2.24, 2.45) is 0 Å². The number of benzene rings is 1. The van der Waals surface area contributed by atoms with E-state index in [1.165, 1.54) is 11.3 Å². The van der Waals surface area contributed by atoms with Gasteiger partial charge in [0, 0.05) is 11.1 Å². The second kappa shape index (κ2) is 6.92. The summed E-state index contributed by atoms with van der Waals surface area (Å²) in [7, 11) is 0. The van der Waals surface area contributed by atoms with E-state index in [4.69, 9.17) is 4.74 Å². The molecule has 2 aromatic heterocycles. The van der Waals surface area contributed by atoms with Crippen molar-refractivity contribution in [3.63, 3.8) is 0 Å². The molecule has 3 aromatic rings. The lowest BCUT2D eigenvalue weighted by atomic mass is 10.2. The molecule has 0 aliphatic carbocycles. The highest BCUT2D eigenvalue weighted by Crippen LogP contribution is 2.32. The van der Waals surface area contributed by atoms with Crippen molar-refractivity contribution in [3.8, 4) is 0 Å². The molecule has 24 heavy (non-hydrogen) atoms. The lowest BCUT2D eigenvalue weighted by Gasteiger charge is -2.22. The second-order valence-corrected chi connectivity index (χ2v) is 8.51. The van der Waals surface area contributed by atoms with E-state index in [2.05, 4.69) is 20.9 Å². The molecule has 0 bridgehead atoms. The highest BCUT2D eigenvalue weighted by Gasteiger charge is 2.27. The summed E-state index contributed by atoms with van der Waals surface area (Å²) >= 11 is 6.49. The molecule has 3 heterocycles. The topological polar surface area (TPSA) is 42.4 Å². The van der Waals surface area contributed by atoms with Crippen molar-refractivity contribution >= 4 is 59.9 Å². The van der Waals surface area contributed by atoms with Crippen LogP contribution in [0.1, 0.15) is 22.5 Å². The number of rotatable bonds is 4. The molecule has 4 rings (SSSR count). The summed E-state index contributed by atoms with van der Waals surface area (Å²) in [5, 5.41) is 2.66. The van der Waals surface area contributed by atoms with Gasteiger partial charge in [0.1, 0.15) is 0 Å². The Hall–Kier alpha value is -1.28. The zero-order valence-electron chi connectivity index (χ0n) is 12.8. The van der Waals surface area contributed by atoms with Crippen molar-refractivity contribution in [2.45, 2.75) is 18.9 Å². The quantitative estimate of drug-likeness (QED) is 0.597. The fourth-order valence-electron chi connectivity index (χ4n) is 2.77. The standard InChI is InChI=1S/C17H15BrN2O2S2/c18-11-5-6-13-15(9-11)24-17(19-13)20(10-12-3-1-7-22-12)16(21)14-4-2-8-23-14/h2,4-6,8-9,12H,1,3,7,10H2. The molecule has 1 aromatic carbocycles. The van der Waals surface area contributed by atoms with Crippen LogP contribution in [0.3, 0.4) is 0 Å². The number of aromatic nitrogens is 1. The van der Waals surface area contributed by atoms with Crippen molar-refractivity contribution in [2.75, 3.05) is 18.1 Å². The van der Waals surface area contributed by atoms with Gasteiger partial charge >= 0.3 is 0 Å². The number of hydrogen-bond acceptors (Lipinski definition) is 5. The van der Waals surface area contributed by atoms with E-state index in [1.54, 1.807) is 16.2 Å². The average molecular weight is 423 g/mol. The number of carbonyl (C=O) groups is 1.